The fourth-order valence-corrected chi connectivity index (χ4v) is 2.97. The lowest BCUT2D eigenvalue weighted by atomic mass is 9.97. The molecule has 0 saturated carbocycles. The van der Waals surface area contributed by atoms with E-state index in [9.17, 15) is 4.79 Å². The van der Waals surface area contributed by atoms with E-state index in [0.29, 0.717) is 18.2 Å². The van der Waals surface area contributed by atoms with Crippen LogP contribution in [0.1, 0.15) is 25.3 Å². The molecule has 0 amide bonds. The van der Waals surface area contributed by atoms with Crippen LogP contribution in [-0.4, -0.2) is 38.8 Å². The van der Waals surface area contributed by atoms with Crippen molar-refractivity contribution in [2.75, 3.05) is 32.8 Å². The van der Waals surface area contributed by atoms with Crippen molar-refractivity contribution in [3.63, 3.8) is 0 Å². The van der Waals surface area contributed by atoms with Gasteiger partial charge in [0.1, 0.15) is 18.9 Å². The largest absolute Gasteiger partial charge is 0.486 e. The van der Waals surface area contributed by atoms with E-state index in [0.717, 1.165) is 43.8 Å². The molecule has 122 valence electrons. The normalized spacial score (nSPS) is 21.4. The number of nitrogens with one attached hydrogen (secondary N) is 1. The molecule has 1 aliphatic heterocycles. The predicted molar refractivity (Wildman–Crippen MR) is 86.6 cm³/mol. The first-order valence-electron chi connectivity index (χ1n) is 7.99. The molecule has 1 N–H and O–H groups in total. The topological polar surface area (TPSA) is 40.0 Å². The Morgan fingerprint density at radius 1 is 1.36 bits per heavy atom. The zero-order chi connectivity index (χ0) is 15.9. The third-order valence-electron chi connectivity index (χ3n) is 4.11. The van der Waals surface area contributed by atoms with Gasteiger partial charge in [-0.25, -0.2) is 0 Å². The Morgan fingerprint density at radius 2 is 2.09 bits per heavy atom. The fourth-order valence-electron chi connectivity index (χ4n) is 2.80. The molecule has 0 bridgehead atoms. The average molecular weight is 327 g/mol. The molecule has 0 atom stereocenters. The van der Waals surface area contributed by atoms with Crippen LogP contribution in [0.15, 0.2) is 18.2 Å². The summed E-state index contributed by atoms with van der Waals surface area (Å²) >= 11 is 6.12. The van der Waals surface area contributed by atoms with Gasteiger partial charge < -0.3 is 14.4 Å². The highest BCUT2D eigenvalue weighted by Gasteiger charge is 2.28. The minimum atomic E-state index is -0.0376. The number of carbonyl (C=O) groups excluding carboxylic acids is 1. The summed E-state index contributed by atoms with van der Waals surface area (Å²) in [5.74, 6) is 0.794. The molecule has 5 heteroatoms. The van der Waals surface area contributed by atoms with Crippen LogP contribution in [-0.2, 0) is 9.53 Å². The number of esters is 1. The lowest BCUT2D eigenvalue weighted by Gasteiger charge is -2.28. The third-order valence-corrected chi connectivity index (χ3v) is 4.42. The molecular weight excluding hydrogens is 302 g/mol. The maximum absolute atomic E-state index is 11.7. The standard InChI is InChI=1S/C17H24ClNO3/c1-3-21-17(20)14-6-8-19(9-7-14)10-11-22-16-12-13(2)4-5-15(16)18/h4-5,12,14H,3,6-11H2,1-2H3/p+1. The number of halogens is 1. The van der Waals surface area contributed by atoms with Gasteiger partial charge >= 0.3 is 5.97 Å². The molecular formula is C17H25ClNO3+. The summed E-state index contributed by atoms with van der Waals surface area (Å²) in [6.45, 7) is 7.91. The quantitative estimate of drug-likeness (QED) is 0.812. The number of piperidine rings is 1. The van der Waals surface area contributed by atoms with Crippen LogP contribution in [0.3, 0.4) is 0 Å². The number of hydrogen-bond donors (Lipinski definition) is 1. The number of quaternary nitrogens is 1. The third kappa shape index (κ3) is 4.89. The van der Waals surface area contributed by atoms with Gasteiger partial charge in [-0.2, -0.15) is 0 Å². The van der Waals surface area contributed by atoms with E-state index in [1.54, 1.807) is 0 Å². The van der Waals surface area contributed by atoms with Crippen molar-refractivity contribution < 1.29 is 19.2 Å². The van der Waals surface area contributed by atoms with Gasteiger partial charge in [-0.3, -0.25) is 4.79 Å². The molecule has 0 unspecified atom stereocenters. The first-order valence-corrected chi connectivity index (χ1v) is 8.37. The van der Waals surface area contributed by atoms with Crippen LogP contribution < -0.4 is 9.64 Å². The highest BCUT2D eigenvalue weighted by atomic mass is 35.5. The summed E-state index contributed by atoms with van der Waals surface area (Å²) in [6.07, 6.45) is 1.80. The van der Waals surface area contributed by atoms with Gasteiger partial charge in [0.25, 0.3) is 0 Å². The zero-order valence-electron chi connectivity index (χ0n) is 13.4. The van der Waals surface area contributed by atoms with Gasteiger partial charge in [-0.1, -0.05) is 17.7 Å². The number of ether oxygens (including phenoxy) is 2. The summed E-state index contributed by atoms with van der Waals surface area (Å²) in [5.41, 5.74) is 1.14. The van der Waals surface area contributed by atoms with E-state index in [1.165, 1.54) is 4.90 Å². The number of likely N-dealkylation sites (tertiary alicyclic amines) is 1. The molecule has 0 aliphatic carbocycles. The molecule has 1 aromatic carbocycles. The monoisotopic (exact) mass is 326 g/mol. The molecule has 0 radical (unpaired) electrons. The van der Waals surface area contributed by atoms with Gasteiger partial charge in [0.15, 0.2) is 0 Å². The van der Waals surface area contributed by atoms with E-state index in [4.69, 9.17) is 21.1 Å². The second-order valence-electron chi connectivity index (χ2n) is 5.81. The molecule has 0 aromatic heterocycles. The number of benzene rings is 1. The summed E-state index contributed by atoms with van der Waals surface area (Å²) in [6, 6.07) is 5.80. The van der Waals surface area contributed by atoms with E-state index >= 15 is 0 Å². The van der Waals surface area contributed by atoms with Gasteiger partial charge in [0, 0.05) is 12.8 Å². The van der Waals surface area contributed by atoms with Crippen molar-refractivity contribution in [1.82, 2.24) is 0 Å². The summed E-state index contributed by atoms with van der Waals surface area (Å²) in [7, 11) is 0. The van der Waals surface area contributed by atoms with Gasteiger partial charge in [0.05, 0.1) is 30.6 Å². The van der Waals surface area contributed by atoms with E-state index < -0.39 is 0 Å². The molecule has 22 heavy (non-hydrogen) atoms. The number of rotatable bonds is 6. The van der Waals surface area contributed by atoms with E-state index in [1.807, 2.05) is 32.0 Å². The maximum Gasteiger partial charge on any atom is 0.309 e. The number of hydrogen-bond acceptors (Lipinski definition) is 3. The van der Waals surface area contributed by atoms with Gasteiger partial charge in [-0.05, 0) is 31.5 Å². The summed E-state index contributed by atoms with van der Waals surface area (Å²) in [5, 5.41) is 0.654. The van der Waals surface area contributed by atoms with Crippen LogP contribution in [0.25, 0.3) is 0 Å². The smallest absolute Gasteiger partial charge is 0.309 e. The van der Waals surface area contributed by atoms with E-state index in [-0.39, 0.29) is 11.9 Å². The number of carbonyl (C=O) groups is 1. The van der Waals surface area contributed by atoms with Crippen LogP contribution in [0.5, 0.6) is 5.75 Å². The molecule has 1 aliphatic rings. The SMILES string of the molecule is CCOC(=O)C1CC[NH+](CCOc2cc(C)ccc2Cl)CC1. The van der Waals surface area contributed by atoms with Crippen LogP contribution >= 0.6 is 11.6 Å². The lowest BCUT2D eigenvalue weighted by Crippen LogP contribution is -3.13. The van der Waals surface area contributed by atoms with Crippen molar-refractivity contribution >= 4 is 17.6 Å². The molecule has 1 saturated heterocycles. The zero-order valence-corrected chi connectivity index (χ0v) is 14.1. The van der Waals surface area contributed by atoms with Gasteiger partial charge in [0.2, 0.25) is 0 Å². The Bertz CT molecular complexity index is 499. The van der Waals surface area contributed by atoms with Crippen molar-refractivity contribution in [2.45, 2.75) is 26.7 Å². The Labute approximate surface area is 137 Å². The highest BCUT2D eigenvalue weighted by Crippen LogP contribution is 2.24. The van der Waals surface area contributed by atoms with Crippen molar-refractivity contribution in [3.05, 3.63) is 28.8 Å². The van der Waals surface area contributed by atoms with E-state index in [2.05, 4.69) is 0 Å². The minimum absolute atomic E-state index is 0.0376. The Balaban J connectivity index is 1.71. The first kappa shape index (κ1) is 17.1. The minimum Gasteiger partial charge on any atom is -0.486 e. The first-order chi connectivity index (χ1) is 10.6. The molecule has 0 spiro atoms. The molecule has 4 nitrogen and oxygen atoms in total. The average Bonchev–Trinajstić information content (AvgIpc) is 2.51. The Hall–Kier alpha value is -1.26. The number of aryl methyl sites for hydroxylation is 1. The molecule has 2 rings (SSSR count). The van der Waals surface area contributed by atoms with Crippen molar-refractivity contribution in [2.24, 2.45) is 5.92 Å². The second-order valence-corrected chi connectivity index (χ2v) is 6.22. The highest BCUT2D eigenvalue weighted by molar-refractivity contribution is 6.32. The lowest BCUT2D eigenvalue weighted by molar-refractivity contribution is -0.905. The van der Waals surface area contributed by atoms with Gasteiger partial charge in [-0.15, -0.1) is 0 Å². The maximum atomic E-state index is 11.7. The van der Waals surface area contributed by atoms with Crippen LogP contribution in [0.2, 0.25) is 5.02 Å². The van der Waals surface area contributed by atoms with Crippen molar-refractivity contribution in [3.8, 4) is 5.75 Å². The van der Waals surface area contributed by atoms with Crippen LogP contribution in [0.4, 0.5) is 0 Å². The Morgan fingerprint density at radius 3 is 2.77 bits per heavy atom. The molecule has 1 fully saturated rings. The van der Waals surface area contributed by atoms with Crippen molar-refractivity contribution in [1.29, 1.82) is 0 Å². The summed E-state index contributed by atoms with van der Waals surface area (Å²) in [4.78, 5) is 13.2. The Kier molecular flexibility index (Phi) is 6.52. The predicted octanol–water partition coefficient (Wildman–Crippen LogP) is 1.89. The fraction of sp³-hybridized carbons (Fsp3) is 0.588. The van der Waals surface area contributed by atoms with Crippen LogP contribution in [0, 0.1) is 12.8 Å². The molecule has 1 aromatic rings. The second kappa shape index (κ2) is 8.39. The molecule has 1 heterocycles. The summed E-state index contributed by atoms with van der Waals surface area (Å²) < 4.78 is 10.9.